The van der Waals surface area contributed by atoms with E-state index in [0.29, 0.717) is 38.0 Å². The number of rotatable bonds is 4. The number of nitrogens with one attached hydrogen (secondary N) is 1. The van der Waals surface area contributed by atoms with Crippen LogP contribution in [0.25, 0.3) is 0 Å². The van der Waals surface area contributed by atoms with E-state index in [1.54, 1.807) is 17.0 Å². The number of benzene rings is 1. The lowest BCUT2D eigenvalue weighted by molar-refractivity contribution is -0.150. The van der Waals surface area contributed by atoms with E-state index in [4.69, 9.17) is 9.47 Å². The van der Waals surface area contributed by atoms with Crippen LogP contribution in [0, 0.1) is 12.3 Å². The second kappa shape index (κ2) is 9.66. The summed E-state index contributed by atoms with van der Waals surface area (Å²) in [7, 11) is 0. The fourth-order valence-corrected chi connectivity index (χ4v) is 5.07. The van der Waals surface area contributed by atoms with Gasteiger partial charge in [-0.3, -0.25) is 19.3 Å². The molecule has 3 amide bonds. The van der Waals surface area contributed by atoms with Gasteiger partial charge in [0.05, 0.1) is 12.7 Å². The van der Waals surface area contributed by atoms with Gasteiger partial charge < -0.3 is 19.7 Å². The number of aryl methyl sites for hydroxylation is 1. The van der Waals surface area contributed by atoms with Gasteiger partial charge in [0.15, 0.2) is 0 Å². The monoisotopic (exact) mass is 471 g/mol. The molecule has 186 valence electrons. The number of ether oxygens (including phenoxy) is 2. The molecule has 3 aliphatic heterocycles. The van der Waals surface area contributed by atoms with Crippen LogP contribution in [0.2, 0.25) is 0 Å². The van der Waals surface area contributed by atoms with Crippen molar-refractivity contribution in [2.45, 2.75) is 71.2 Å². The Kier molecular flexibility index (Phi) is 7.01. The van der Waals surface area contributed by atoms with Crippen molar-refractivity contribution in [3.8, 4) is 0 Å². The van der Waals surface area contributed by atoms with Crippen LogP contribution >= 0.6 is 0 Å². The molecule has 0 radical (unpaired) electrons. The molecule has 2 atom stereocenters. The third-order valence-corrected chi connectivity index (χ3v) is 7.08. The lowest BCUT2D eigenvalue weighted by atomic mass is 9.91. The molecular formula is C26H37N3O5. The topological polar surface area (TPSA) is 88.2 Å². The van der Waals surface area contributed by atoms with Crippen molar-refractivity contribution in [3.05, 3.63) is 35.4 Å². The second-order valence-electron chi connectivity index (χ2n) is 10.7. The van der Waals surface area contributed by atoms with Crippen molar-refractivity contribution in [2.75, 3.05) is 32.8 Å². The van der Waals surface area contributed by atoms with E-state index in [0.717, 1.165) is 25.0 Å². The van der Waals surface area contributed by atoms with Crippen molar-refractivity contribution >= 4 is 17.7 Å². The summed E-state index contributed by atoms with van der Waals surface area (Å²) in [5.74, 6) is -0.353. The average molecular weight is 472 g/mol. The highest BCUT2D eigenvalue weighted by molar-refractivity contribution is 5.98. The molecule has 1 spiro atoms. The fourth-order valence-electron chi connectivity index (χ4n) is 5.07. The molecule has 1 N–H and O–H groups in total. The molecule has 3 heterocycles. The van der Waals surface area contributed by atoms with E-state index >= 15 is 0 Å². The minimum atomic E-state index is -0.900. The van der Waals surface area contributed by atoms with E-state index in [2.05, 4.69) is 5.32 Å². The summed E-state index contributed by atoms with van der Waals surface area (Å²) in [5, 5.41) is 2.98. The summed E-state index contributed by atoms with van der Waals surface area (Å²) in [4.78, 5) is 43.3. The van der Waals surface area contributed by atoms with E-state index in [1.807, 2.05) is 44.7 Å². The first-order valence-corrected chi connectivity index (χ1v) is 12.3. The number of carbonyl (C=O) groups is 3. The maximum Gasteiger partial charge on any atom is 0.256 e. The third kappa shape index (κ3) is 4.98. The van der Waals surface area contributed by atoms with Crippen molar-refractivity contribution in [1.82, 2.24) is 15.1 Å². The van der Waals surface area contributed by atoms with Crippen molar-refractivity contribution < 1.29 is 23.9 Å². The molecule has 1 aromatic rings. The zero-order chi connectivity index (χ0) is 24.5. The van der Waals surface area contributed by atoms with Crippen molar-refractivity contribution in [3.63, 3.8) is 0 Å². The van der Waals surface area contributed by atoms with Crippen LogP contribution in [0.3, 0.4) is 0 Å². The van der Waals surface area contributed by atoms with Gasteiger partial charge in [0.1, 0.15) is 11.8 Å². The van der Waals surface area contributed by atoms with Gasteiger partial charge in [-0.25, -0.2) is 0 Å². The molecule has 8 nitrogen and oxygen atoms in total. The maximum absolute atomic E-state index is 13.7. The molecule has 0 aromatic heterocycles. The number of hydrogen-bond donors (Lipinski definition) is 1. The molecular weight excluding hydrogens is 434 g/mol. The van der Waals surface area contributed by atoms with E-state index in [1.165, 1.54) is 0 Å². The van der Waals surface area contributed by atoms with Gasteiger partial charge in [-0.15, -0.1) is 0 Å². The number of carbonyl (C=O) groups excluding carboxylic acids is 3. The van der Waals surface area contributed by atoms with Crippen LogP contribution in [0.4, 0.5) is 0 Å². The van der Waals surface area contributed by atoms with Gasteiger partial charge in [0, 0.05) is 50.1 Å². The Bertz CT molecular complexity index is 909. The largest absolute Gasteiger partial charge is 0.376 e. The van der Waals surface area contributed by atoms with Crippen LogP contribution in [-0.2, 0) is 19.1 Å². The molecule has 3 aliphatic rings. The van der Waals surface area contributed by atoms with Crippen molar-refractivity contribution in [2.24, 2.45) is 5.41 Å². The Morgan fingerprint density at radius 1 is 1.12 bits per heavy atom. The SMILES string of the molecule is Cc1ccc(C(=O)N2C(C(=O)NCC3CCCO3)COC23CCN(C(=O)C(C)(C)C)CC3)cc1. The summed E-state index contributed by atoms with van der Waals surface area (Å²) in [5.41, 5.74) is 0.218. The van der Waals surface area contributed by atoms with Gasteiger partial charge in [0.2, 0.25) is 11.8 Å². The van der Waals surface area contributed by atoms with Gasteiger partial charge in [-0.05, 0) is 31.9 Å². The highest BCUT2D eigenvalue weighted by Crippen LogP contribution is 2.39. The van der Waals surface area contributed by atoms with Crippen LogP contribution in [0.1, 0.15) is 62.4 Å². The first-order chi connectivity index (χ1) is 16.1. The van der Waals surface area contributed by atoms with Crippen LogP contribution < -0.4 is 5.32 Å². The van der Waals surface area contributed by atoms with Gasteiger partial charge in [-0.1, -0.05) is 38.5 Å². The third-order valence-electron chi connectivity index (χ3n) is 7.08. The normalized spacial score (nSPS) is 24.5. The summed E-state index contributed by atoms with van der Waals surface area (Å²) in [6.45, 7) is 9.96. The number of nitrogens with zero attached hydrogens (tertiary/aromatic N) is 2. The quantitative estimate of drug-likeness (QED) is 0.729. The average Bonchev–Trinajstić information content (AvgIpc) is 3.45. The molecule has 0 aliphatic carbocycles. The molecule has 1 aromatic carbocycles. The molecule has 0 saturated carbocycles. The van der Waals surface area contributed by atoms with Gasteiger partial charge >= 0.3 is 0 Å². The first-order valence-electron chi connectivity index (χ1n) is 12.3. The zero-order valence-corrected chi connectivity index (χ0v) is 20.8. The predicted molar refractivity (Wildman–Crippen MR) is 127 cm³/mol. The molecule has 0 bridgehead atoms. The summed E-state index contributed by atoms with van der Waals surface area (Å²) in [6, 6.07) is 6.66. The molecule has 3 saturated heterocycles. The Morgan fingerprint density at radius 3 is 2.38 bits per heavy atom. The Hall–Kier alpha value is -2.45. The van der Waals surface area contributed by atoms with E-state index in [9.17, 15) is 14.4 Å². The Morgan fingerprint density at radius 2 is 1.79 bits per heavy atom. The van der Waals surface area contributed by atoms with E-state index in [-0.39, 0.29) is 30.4 Å². The van der Waals surface area contributed by atoms with Crippen LogP contribution in [0.15, 0.2) is 24.3 Å². The standard InChI is InChI=1S/C26H37N3O5/c1-18-7-9-19(10-8-18)23(31)29-21(22(30)27-16-20-6-5-15-33-20)17-34-26(29)11-13-28(14-12-26)24(32)25(2,3)4/h7-10,20-21H,5-6,11-17H2,1-4H3,(H,27,30). The Labute approximate surface area is 201 Å². The smallest absolute Gasteiger partial charge is 0.256 e. The summed E-state index contributed by atoms with van der Waals surface area (Å²) < 4.78 is 11.9. The second-order valence-corrected chi connectivity index (χ2v) is 10.7. The van der Waals surface area contributed by atoms with Gasteiger partial charge in [0.25, 0.3) is 5.91 Å². The minimum Gasteiger partial charge on any atom is -0.376 e. The zero-order valence-electron chi connectivity index (χ0n) is 20.8. The van der Waals surface area contributed by atoms with Gasteiger partial charge in [-0.2, -0.15) is 0 Å². The number of amides is 3. The molecule has 8 heteroatoms. The summed E-state index contributed by atoms with van der Waals surface area (Å²) >= 11 is 0. The highest BCUT2D eigenvalue weighted by atomic mass is 16.5. The lowest BCUT2D eigenvalue weighted by Gasteiger charge is -2.45. The summed E-state index contributed by atoms with van der Waals surface area (Å²) in [6.07, 6.45) is 2.89. The van der Waals surface area contributed by atoms with Crippen LogP contribution in [0.5, 0.6) is 0 Å². The highest BCUT2D eigenvalue weighted by Gasteiger charge is 2.54. The van der Waals surface area contributed by atoms with Crippen molar-refractivity contribution in [1.29, 1.82) is 0 Å². The first kappa shape index (κ1) is 24.7. The minimum absolute atomic E-state index is 0.0214. The molecule has 4 rings (SSSR count). The maximum atomic E-state index is 13.7. The predicted octanol–water partition coefficient (Wildman–Crippen LogP) is 2.50. The molecule has 3 fully saturated rings. The van der Waals surface area contributed by atoms with E-state index < -0.39 is 17.2 Å². The molecule has 34 heavy (non-hydrogen) atoms. The number of piperidine rings is 1. The number of hydrogen-bond acceptors (Lipinski definition) is 5. The fraction of sp³-hybridized carbons (Fsp3) is 0.654. The number of likely N-dealkylation sites (tertiary alicyclic amines) is 1. The van der Waals surface area contributed by atoms with Crippen LogP contribution in [-0.4, -0.2) is 78.2 Å². The molecule has 2 unspecified atom stereocenters. The lowest BCUT2D eigenvalue weighted by Crippen LogP contribution is -2.60. The Balaban J connectivity index is 1.54.